The summed E-state index contributed by atoms with van der Waals surface area (Å²) in [6.45, 7) is 11.8. The van der Waals surface area contributed by atoms with Crippen LogP contribution in [0.15, 0.2) is 96.2 Å². The molecule has 6 aromatic rings. The standard InChI is InChI=1S/C61H74N10O10S/c1-38-8-6-7-9-46(38)53-36-68(39(2)42-29-54(78-4)59(79-5)64-35-42)25-26-69(53)44-32-61(33-44)20-23-67(24-21-61)43-10-12-47(50(30-43)70-49-17-27-80-37-55(49)81-58-52(70)28-41-16-22-62-56(41)65-58)57(72)66-82(76,77)45-11-13-48(51(31-45)71(74)75)63-34-40-14-18-60(3,73)19-15-40/h6-13,16,22,28-31,35,39-40,44,49,53,55,63,73H,14-15,17-21,23-27,32-34,36-37H2,1-5H3,(H,62,65)(H,66,72)/t39-,40?,49-,53-,55-,60?/m0/s1. The highest BCUT2D eigenvalue weighted by Crippen LogP contribution is 2.54. The molecule has 7 heterocycles. The summed E-state index contributed by atoms with van der Waals surface area (Å²) in [6, 6.07) is 24.4. The number of hydrogen-bond donors (Lipinski definition) is 4. The van der Waals surface area contributed by atoms with Gasteiger partial charge in [0.2, 0.25) is 5.88 Å². The number of hydrogen-bond acceptors (Lipinski definition) is 17. The average Bonchev–Trinajstić information content (AvgIpc) is 2.00. The molecule has 82 heavy (non-hydrogen) atoms. The number of nitrogens with zero attached hydrogens (tertiary/aromatic N) is 7. The summed E-state index contributed by atoms with van der Waals surface area (Å²) in [7, 11) is -1.40. The maximum absolute atomic E-state index is 14.8. The third-order valence-corrected chi connectivity index (χ3v) is 20.2. The van der Waals surface area contributed by atoms with Gasteiger partial charge in [0.05, 0.1) is 53.5 Å². The number of methoxy groups -OCH3 is 2. The Bertz CT molecular complexity index is 3480. The Morgan fingerprint density at radius 3 is 2.51 bits per heavy atom. The van der Waals surface area contributed by atoms with E-state index in [0.29, 0.717) is 79.6 Å². The monoisotopic (exact) mass is 1140 g/mol. The maximum Gasteiger partial charge on any atom is 0.293 e. The Labute approximate surface area is 478 Å². The number of aryl methyl sites for hydroxylation is 1. The Hall–Kier alpha value is -7.04. The molecule has 2 aliphatic carbocycles. The van der Waals surface area contributed by atoms with E-state index in [0.717, 1.165) is 94.0 Å². The molecule has 4 N–H and O–H groups in total. The molecule has 3 saturated heterocycles. The van der Waals surface area contributed by atoms with Gasteiger partial charge in [0.1, 0.15) is 23.1 Å². The van der Waals surface area contributed by atoms with Crippen molar-refractivity contribution in [2.45, 2.75) is 119 Å². The van der Waals surface area contributed by atoms with E-state index in [1.807, 2.05) is 49.6 Å². The third-order valence-electron chi connectivity index (χ3n) is 18.8. The zero-order chi connectivity index (χ0) is 57.1. The van der Waals surface area contributed by atoms with E-state index in [4.69, 9.17) is 23.9 Å². The van der Waals surface area contributed by atoms with Crippen LogP contribution in [0.3, 0.4) is 0 Å². The molecule has 20 nitrogen and oxygen atoms in total. The number of pyridine rings is 2. The number of carbonyl (C=O) groups is 1. The number of aromatic amines is 1. The summed E-state index contributed by atoms with van der Waals surface area (Å²) < 4.78 is 54.4. The lowest BCUT2D eigenvalue weighted by molar-refractivity contribution is -0.384. The summed E-state index contributed by atoms with van der Waals surface area (Å²) in [5.41, 5.74) is 5.72. The summed E-state index contributed by atoms with van der Waals surface area (Å²) >= 11 is 0. The molecule has 0 radical (unpaired) electrons. The summed E-state index contributed by atoms with van der Waals surface area (Å²) in [4.78, 5) is 48.6. The number of sulfonamides is 1. The second-order valence-corrected chi connectivity index (χ2v) is 25.6. The number of carbonyl (C=O) groups excluding carboxylic acids is 1. The van der Waals surface area contributed by atoms with Crippen molar-refractivity contribution in [1.82, 2.24) is 29.5 Å². The lowest BCUT2D eigenvalue weighted by Gasteiger charge is -2.58. The predicted octanol–water partition coefficient (Wildman–Crippen LogP) is 9.22. The van der Waals surface area contributed by atoms with E-state index < -0.39 is 43.1 Å². The minimum atomic E-state index is -4.64. The number of H-pyrrole nitrogens is 1. The van der Waals surface area contributed by atoms with Crippen LogP contribution in [0.2, 0.25) is 0 Å². The zero-order valence-electron chi connectivity index (χ0n) is 47.3. The number of aromatic nitrogens is 3. The highest BCUT2D eigenvalue weighted by atomic mass is 32.2. The highest BCUT2D eigenvalue weighted by molar-refractivity contribution is 7.90. The van der Waals surface area contributed by atoms with E-state index in [2.05, 4.69) is 77.7 Å². The van der Waals surface area contributed by atoms with E-state index in [9.17, 15) is 28.4 Å². The Morgan fingerprint density at radius 2 is 1.76 bits per heavy atom. The first-order chi connectivity index (χ1) is 39.5. The van der Waals surface area contributed by atoms with Crippen LogP contribution < -0.4 is 34.0 Å². The van der Waals surface area contributed by atoms with Crippen LogP contribution in [0.4, 0.5) is 28.4 Å². The molecule has 1 amide bonds. The fraction of sp³-hybridized carbons (Fsp3) is 0.492. The van der Waals surface area contributed by atoms with Crippen molar-refractivity contribution in [2.75, 3.05) is 81.8 Å². The molecule has 0 unspecified atom stereocenters. The lowest BCUT2D eigenvalue weighted by Crippen LogP contribution is -2.60. The molecular formula is C61H74N10O10S. The topological polar surface area (TPSA) is 230 Å². The van der Waals surface area contributed by atoms with Crippen molar-refractivity contribution in [3.05, 3.63) is 124 Å². The molecule has 3 aromatic heterocycles. The molecule has 1 spiro atoms. The van der Waals surface area contributed by atoms with Gasteiger partial charge in [-0.3, -0.25) is 24.7 Å². The lowest BCUT2D eigenvalue weighted by atomic mass is 9.59. The van der Waals surface area contributed by atoms with Gasteiger partial charge in [0.15, 0.2) is 5.75 Å². The number of aliphatic hydroxyl groups is 1. The van der Waals surface area contributed by atoms with Crippen molar-refractivity contribution in [1.29, 1.82) is 0 Å². The molecule has 6 aliphatic rings. The molecule has 0 bridgehead atoms. The minimum Gasteiger partial charge on any atom is -0.491 e. The number of piperidine rings is 1. The van der Waals surface area contributed by atoms with E-state index in [-0.39, 0.29) is 40.7 Å². The number of rotatable bonds is 15. The van der Waals surface area contributed by atoms with Crippen molar-refractivity contribution >= 4 is 55.4 Å². The summed E-state index contributed by atoms with van der Waals surface area (Å²) in [6.07, 6.45) is 10.8. The van der Waals surface area contributed by atoms with Gasteiger partial charge in [0, 0.05) is 93.5 Å². The zero-order valence-corrected chi connectivity index (χ0v) is 48.1. The summed E-state index contributed by atoms with van der Waals surface area (Å²) in [5, 5.41) is 26.9. The van der Waals surface area contributed by atoms with Crippen molar-refractivity contribution in [2.24, 2.45) is 11.3 Å². The van der Waals surface area contributed by atoms with Gasteiger partial charge in [-0.2, -0.15) is 4.98 Å². The molecule has 21 heteroatoms. The number of nitro benzene ring substituents is 1. The average molecular weight is 1140 g/mol. The van der Waals surface area contributed by atoms with Crippen molar-refractivity contribution in [3.8, 4) is 17.5 Å². The van der Waals surface area contributed by atoms with Crippen LogP contribution in [0.5, 0.6) is 17.5 Å². The van der Waals surface area contributed by atoms with Crippen LogP contribution in [-0.4, -0.2) is 140 Å². The molecule has 12 rings (SSSR count). The number of benzene rings is 3. The predicted molar refractivity (Wildman–Crippen MR) is 312 cm³/mol. The molecular weight excluding hydrogens is 1060 g/mol. The van der Waals surface area contributed by atoms with Crippen LogP contribution in [-0.2, 0) is 14.8 Å². The van der Waals surface area contributed by atoms with Gasteiger partial charge in [-0.15, -0.1) is 0 Å². The fourth-order valence-electron chi connectivity index (χ4n) is 13.9. The number of fused-ring (bicyclic) bond motifs is 3. The second-order valence-electron chi connectivity index (χ2n) is 23.9. The first-order valence-corrected chi connectivity index (χ1v) is 30.3. The Morgan fingerprint density at radius 1 is 0.963 bits per heavy atom. The van der Waals surface area contributed by atoms with Crippen LogP contribution in [0.1, 0.15) is 111 Å². The van der Waals surface area contributed by atoms with Crippen molar-refractivity contribution in [3.63, 3.8) is 0 Å². The van der Waals surface area contributed by atoms with Crippen molar-refractivity contribution < 1.29 is 42.2 Å². The molecule has 3 aromatic carbocycles. The maximum atomic E-state index is 14.8. The van der Waals surface area contributed by atoms with Gasteiger partial charge < -0.3 is 44.2 Å². The van der Waals surface area contributed by atoms with E-state index in [1.54, 1.807) is 20.3 Å². The van der Waals surface area contributed by atoms with Crippen LogP contribution in [0.25, 0.3) is 11.0 Å². The number of nitrogens with one attached hydrogen (secondary N) is 3. The number of amides is 1. The van der Waals surface area contributed by atoms with E-state index >= 15 is 0 Å². The van der Waals surface area contributed by atoms with E-state index in [1.165, 1.54) is 23.3 Å². The fourth-order valence-corrected chi connectivity index (χ4v) is 14.9. The number of piperazine rings is 1. The number of anilines is 4. The SMILES string of the molecule is COc1cc([C@H](C)N2CCN(C3CC4(CCN(c5ccc(C(=O)NS(=O)(=O)c6ccc(NCC7CCC(C)(O)CC7)c([N+](=O)[O-])c6)c(N6c7cc8cc[nH]c8nc7O[C@H]7COCC[C@@H]76)c5)CC4)C3)[C@H](c3ccccc3C)C2)cnc1OC. The minimum absolute atomic E-state index is 0.104. The largest absolute Gasteiger partial charge is 0.491 e. The van der Waals surface area contributed by atoms with Crippen LogP contribution >= 0.6 is 0 Å². The smallest absolute Gasteiger partial charge is 0.293 e. The van der Waals surface area contributed by atoms with Gasteiger partial charge in [0.25, 0.3) is 27.5 Å². The summed E-state index contributed by atoms with van der Waals surface area (Å²) in [5.74, 6) is 0.759. The molecule has 5 fully saturated rings. The first kappa shape index (κ1) is 55.5. The van der Waals surface area contributed by atoms with Gasteiger partial charge in [-0.05, 0) is 155 Å². The number of nitro groups is 1. The number of ether oxygens (including phenoxy) is 4. The molecule has 4 atom stereocenters. The Balaban J connectivity index is 0.793. The molecule has 2 saturated carbocycles. The normalized spacial score (nSPS) is 24.4. The van der Waals surface area contributed by atoms with Crippen LogP contribution in [0, 0.1) is 28.4 Å². The molecule has 4 aliphatic heterocycles. The van der Waals surface area contributed by atoms with Gasteiger partial charge >= 0.3 is 0 Å². The quantitative estimate of drug-likeness (QED) is 0.0554. The Kier molecular flexibility index (Phi) is 15.1. The van der Waals surface area contributed by atoms with Gasteiger partial charge in [-0.25, -0.2) is 18.1 Å². The third kappa shape index (κ3) is 10.8. The highest BCUT2D eigenvalue weighted by Gasteiger charge is 2.51. The molecule has 434 valence electrons. The first-order valence-electron chi connectivity index (χ1n) is 28.9. The van der Waals surface area contributed by atoms with Gasteiger partial charge in [-0.1, -0.05) is 24.3 Å². The second kappa shape index (κ2) is 22.3.